The summed E-state index contributed by atoms with van der Waals surface area (Å²) >= 11 is 0. The highest BCUT2D eigenvalue weighted by molar-refractivity contribution is 6.07. The van der Waals surface area contributed by atoms with Crippen LogP contribution in [0, 0.1) is 0 Å². The number of aromatic nitrogens is 1. The van der Waals surface area contributed by atoms with E-state index in [0.29, 0.717) is 6.42 Å². The number of hydrogen-bond acceptors (Lipinski definition) is 4. The summed E-state index contributed by atoms with van der Waals surface area (Å²) < 4.78 is 2.06. The molecular formula is C17H25N5O3. The molecule has 2 saturated heterocycles. The molecule has 2 N–H and O–H groups in total. The summed E-state index contributed by atoms with van der Waals surface area (Å²) in [5.41, 5.74) is 2.67. The Hall–Kier alpha value is -2.35. The largest absolute Gasteiger partial charge is 0.353 e. The molecule has 3 rings (SSSR count). The molecule has 0 aromatic carbocycles. The summed E-state index contributed by atoms with van der Waals surface area (Å²) in [5, 5.41) is 3.43. The highest BCUT2D eigenvalue weighted by Gasteiger charge is 2.47. The van der Waals surface area contributed by atoms with Crippen LogP contribution in [0.1, 0.15) is 44.8 Å². The Balaban J connectivity index is 1.64. The molecule has 2 aliphatic heterocycles. The molecule has 1 aromatic heterocycles. The average molecular weight is 347 g/mol. The molecule has 8 nitrogen and oxygen atoms in total. The van der Waals surface area contributed by atoms with Gasteiger partial charge in [-0.1, -0.05) is 6.92 Å². The first kappa shape index (κ1) is 17.5. The van der Waals surface area contributed by atoms with Gasteiger partial charge >= 0.3 is 6.03 Å². The van der Waals surface area contributed by atoms with E-state index in [4.69, 9.17) is 0 Å². The lowest BCUT2D eigenvalue weighted by Crippen LogP contribution is -2.51. The third-order valence-electron chi connectivity index (χ3n) is 5.24. The van der Waals surface area contributed by atoms with Gasteiger partial charge in [0, 0.05) is 18.9 Å². The predicted octanol–water partition coefficient (Wildman–Crippen LogP) is 0.914. The lowest BCUT2D eigenvalue weighted by Gasteiger charge is -2.25. The van der Waals surface area contributed by atoms with E-state index in [1.807, 2.05) is 26.2 Å². The number of urea groups is 1. The number of rotatable bonds is 5. The molecule has 2 aliphatic rings. The molecule has 2 atom stereocenters. The summed E-state index contributed by atoms with van der Waals surface area (Å²) in [6.07, 6.45) is 4.46. The number of carbonyl (C=O) groups excluding carboxylic acids is 3. The van der Waals surface area contributed by atoms with Crippen molar-refractivity contribution in [1.29, 1.82) is 0 Å². The van der Waals surface area contributed by atoms with Gasteiger partial charge in [0.1, 0.15) is 5.54 Å². The maximum Gasteiger partial charge on any atom is 0.344 e. The summed E-state index contributed by atoms with van der Waals surface area (Å²) in [7, 11) is 1.99. The Morgan fingerprint density at radius 3 is 2.80 bits per heavy atom. The SMILES string of the molecule is CC[C@@]1(C)NC(=O)N(NC(=O)CN2CCC[C@@H]2c2cccn2C)C1=O. The molecule has 0 bridgehead atoms. The first-order valence-corrected chi connectivity index (χ1v) is 8.67. The van der Waals surface area contributed by atoms with Gasteiger partial charge in [-0.15, -0.1) is 0 Å². The normalized spacial score (nSPS) is 27.0. The first-order valence-electron chi connectivity index (χ1n) is 8.67. The van der Waals surface area contributed by atoms with Crippen LogP contribution in [-0.4, -0.2) is 50.9 Å². The van der Waals surface area contributed by atoms with Gasteiger partial charge in [-0.2, -0.15) is 5.01 Å². The summed E-state index contributed by atoms with van der Waals surface area (Å²) in [4.78, 5) is 38.8. The Morgan fingerprint density at radius 2 is 2.20 bits per heavy atom. The van der Waals surface area contributed by atoms with E-state index >= 15 is 0 Å². The summed E-state index contributed by atoms with van der Waals surface area (Å²) in [5.74, 6) is -0.779. The molecule has 0 radical (unpaired) electrons. The smallest absolute Gasteiger partial charge is 0.344 e. The van der Waals surface area contributed by atoms with Crippen LogP contribution >= 0.6 is 0 Å². The zero-order valence-electron chi connectivity index (χ0n) is 14.9. The zero-order valence-corrected chi connectivity index (χ0v) is 14.9. The van der Waals surface area contributed by atoms with E-state index in [9.17, 15) is 14.4 Å². The Labute approximate surface area is 147 Å². The molecule has 136 valence electrons. The van der Waals surface area contributed by atoms with Crippen molar-refractivity contribution >= 4 is 17.8 Å². The lowest BCUT2D eigenvalue weighted by molar-refractivity contribution is -0.139. The molecule has 1 aromatic rings. The van der Waals surface area contributed by atoms with Gasteiger partial charge in [-0.05, 0) is 44.9 Å². The first-order chi connectivity index (χ1) is 11.9. The van der Waals surface area contributed by atoms with Gasteiger partial charge in [0.15, 0.2) is 0 Å². The lowest BCUT2D eigenvalue weighted by atomic mass is 10.00. The Bertz CT molecular complexity index is 700. The topological polar surface area (TPSA) is 86.7 Å². The van der Waals surface area contributed by atoms with Crippen molar-refractivity contribution in [3.05, 3.63) is 24.0 Å². The number of nitrogens with zero attached hydrogens (tertiary/aromatic N) is 3. The zero-order chi connectivity index (χ0) is 18.2. The second kappa shape index (κ2) is 6.51. The van der Waals surface area contributed by atoms with Crippen LogP contribution in [0.4, 0.5) is 4.79 Å². The number of imide groups is 1. The van der Waals surface area contributed by atoms with Crippen LogP contribution in [0.5, 0.6) is 0 Å². The van der Waals surface area contributed by atoms with Crippen molar-refractivity contribution in [2.45, 2.75) is 44.7 Å². The van der Waals surface area contributed by atoms with Gasteiger partial charge < -0.3 is 9.88 Å². The van der Waals surface area contributed by atoms with Gasteiger partial charge in [-0.25, -0.2) is 4.79 Å². The molecule has 8 heteroatoms. The van der Waals surface area contributed by atoms with Crippen LogP contribution in [0.2, 0.25) is 0 Å². The number of nitrogens with one attached hydrogen (secondary N) is 2. The highest BCUT2D eigenvalue weighted by atomic mass is 16.2. The third kappa shape index (κ3) is 3.13. The molecule has 0 spiro atoms. The van der Waals surface area contributed by atoms with E-state index < -0.39 is 17.5 Å². The van der Waals surface area contributed by atoms with Crippen molar-refractivity contribution in [2.24, 2.45) is 7.05 Å². The van der Waals surface area contributed by atoms with E-state index in [0.717, 1.165) is 24.4 Å². The van der Waals surface area contributed by atoms with Crippen molar-refractivity contribution in [2.75, 3.05) is 13.1 Å². The summed E-state index contributed by atoms with van der Waals surface area (Å²) in [6, 6.07) is 3.65. The van der Waals surface area contributed by atoms with E-state index in [1.165, 1.54) is 5.69 Å². The molecule has 2 fully saturated rings. The minimum absolute atomic E-state index is 0.149. The van der Waals surface area contributed by atoms with Crippen molar-refractivity contribution < 1.29 is 14.4 Å². The number of amides is 4. The number of carbonyl (C=O) groups is 3. The maximum absolute atomic E-state index is 12.4. The van der Waals surface area contributed by atoms with Crippen LogP contribution in [0.25, 0.3) is 0 Å². The van der Waals surface area contributed by atoms with Crippen LogP contribution in [0.15, 0.2) is 18.3 Å². The molecule has 0 unspecified atom stereocenters. The van der Waals surface area contributed by atoms with Crippen LogP contribution < -0.4 is 10.7 Å². The summed E-state index contributed by atoms with van der Waals surface area (Å²) in [6.45, 7) is 4.44. The second-order valence-electron chi connectivity index (χ2n) is 6.96. The van der Waals surface area contributed by atoms with Gasteiger partial charge in [0.2, 0.25) is 0 Å². The van der Waals surface area contributed by atoms with Gasteiger partial charge in [0.05, 0.1) is 12.6 Å². The number of hydrazine groups is 1. The minimum Gasteiger partial charge on any atom is -0.353 e. The fraction of sp³-hybridized carbons (Fsp3) is 0.588. The molecule has 3 heterocycles. The third-order valence-corrected chi connectivity index (χ3v) is 5.24. The van der Waals surface area contributed by atoms with Crippen molar-refractivity contribution in [3.8, 4) is 0 Å². The predicted molar refractivity (Wildman–Crippen MR) is 91.2 cm³/mol. The minimum atomic E-state index is -0.955. The Morgan fingerprint density at radius 1 is 1.44 bits per heavy atom. The molecule has 0 saturated carbocycles. The monoisotopic (exact) mass is 347 g/mol. The Kier molecular flexibility index (Phi) is 4.55. The number of likely N-dealkylation sites (tertiary alicyclic amines) is 1. The van der Waals surface area contributed by atoms with E-state index in [2.05, 4.69) is 26.3 Å². The van der Waals surface area contributed by atoms with Crippen LogP contribution in [-0.2, 0) is 16.6 Å². The van der Waals surface area contributed by atoms with Gasteiger partial charge in [0.25, 0.3) is 11.8 Å². The highest BCUT2D eigenvalue weighted by Crippen LogP contribution is 2.31. The van der Waals surface area contributed by atoms with Gasteiger partial charge in [-0.3, -0.25) is 19.9 Å². The van der Waals surface area contributed by atoms with Crippen LogP contribution in [0.3, 0.4) is 0 Å². The maximum atomic E-state index is 12.4. The van der Waals surface area contributed by atoms with E-state index in [1.54, 1.807) is 6.92 Å². The quantitative estimate of drug-likeness (QED) is 0.775. The average Bonchev–Trinajstić information content (AvgIpc) is 3.24. The number of aryl methyl sites for hydroxylation is 1. The molecule has 4 amide bonds. The van der Waals surface area contributed by atoms with Crippen molar-refractivity contribution in [3.63, 3.8) is 0 Å². The van der Waals surface area contributed by atoms with Crippen molar-refractivity contribution in [1.82, 2.24) is 25.2 Å². The molecular weight excluding hydrogens is 322 g/mol. The fourth-order valence-corrected chi connectivity index (χ4v) is 3.54. The standard InChI is InChI=1S/C17H25N5O3/c1-4-17(2)15(24)22(16(25)18-17)19-14(23)11-21-10-6-8-13(21)12-7-5-9-20(12)3/h5,7,9,13H,4,6,8,10-11H2,1-3H3,(H,18,25)(H,19,23)/t13-,17-/m1/s1. The van der Waals surface area contributed by atoms with E-state index in [-0.39, 0.29) is 18.5 Å². The second-order valence-corrected chi connectivity index (χ2v) is 6.96. The molecule has 25 heavy (non-hydrogen) atoms. The fourth-order valence-electron chi connectivity index (χ4n) is 3.54. The molecule has 0 aliphatic carbocycles. The number of hydrogen-bond donors (Lipinski definition) is 2.